The molecule has 4 aromatic carbocycles. The Kier molecular flexibility index (Phi) is 7.23. The molecular weight excluding hydrogens is 424 g/mol. The van der Waals surface area contributed by atoms with Crippen LogP contribution in [0.2, 0.25) is 0 Å². The predicted octanol–water partition coefficient (Wildman–Crippen LogP) is 6.13. The highest BCUT2D eigenvalue weighted by molar-refractivity contribution is 6.05. The van der Waals surface area contributed by atoms with E-state index in [-0.39, 0.29) is 17.9 Å². The summed E-state index contributed by atoms with van der Waals surface area (Å²) >= 11 is 0. The van der Waals surface area contributed by atoms with Gasteiger partial charge in [0.05, 0.1) is 17.3 Å². The van der Waals surface area contributed by atoms with Gasteiger partial charge in [-0.25, -0.2) is 0 Å². The van der Waals surface area contributed by atoms with Crippen molar-refractivity contribution in [1.29, 1.82) is 0 Å². The summed E-state index contributed by atoms with van der Waals surface area (Å²) in [5, 5.41) is 7.90. The zero-order valence-electron chi connectivity index (χ0n) is 19.3. The maximum absolute atomic E-state index is 13.1. The lowest BCUT2D eigenvalue weighted by Crippen LogP contribution is -2.34. The highest BCUT2D eigenvalue weighted by atomic mass is 16.5. The van der Waals surface area contributed by atoms with E-state index in [2.05, 4.69) is 10.6 Å². The van der Waals surface area contributed by atoms with Gasteiger partial charge in [-0.15, -0.1) is 0 Å². The number of hydrogen-bond acceptors (Lipinski definition) is 3. The maximum Gasteiger partial charge on any atom is 0.265 e. The number of amides is 2. The maximum atomic E-state index is 13.1. The molecule has 2 atom stereocenters. The van der Waals surface area contributed by atoms with Crippen molar-refractivity contribution >= 4 is 28.3 Å². The van der Waals surface area contributed by atoms with Crippen LogP contribution in [0.25, 0.3) is 10.8 Å². The van der Waals surface area contributed by atoms with Crippen molar-refractivity contribution in [3.05, 3.63) is 108 Å². The standard InChI is InChI=1S/C29H28N2O3/c1-3-26(34-27-19-11-15-22-14-7-8-16-23(22)27)29(33)31-25-18-10-9-17-24(25)28(32)30-20(2)21-12-5-4-6-13-21/h4-20,26H,3H2,1-2H3,(H,30,32)(H,31,33)/t20-,26-/m0/s1. The van der Waals surface area contributed by atoms with Gasteiger partial charge in [-0.05, 0) is 42.5 Å². The first-order chi connectivity index (χ1) is 16.6. The van der Waals surface area contributed by atoms with Gasteiger partial charge in [0, 0.05) is 5.39 Å². The number of hydrogen-bond donors (Lipinski definition) is 2. The molecule has 0 aliphatic rings. The first kappa shape index (κ1) is 23.1. The fourth-order valence-electron chi connectivity index (χ4n) is 3.88. The van der Waals surface area contributed by atoms with Crippen LogP contribution in [0.4, 0.5) is 5.69 Å². The third-order valence-electron chi connectivity index (χ3n) is 5.76. The molecule has 4 rings (SSSR count). The Balaban J connectivity index is 1.49. The summed E-state index contributed by atoms with van der Waals surface area (Å²) in [4.78, 5) is 26.1. The minimum absolute atomic E-state index is 0.171. The van der Waals surface area contributed by atoms with Gasteiger partial charge < -0.3 is 15.4 Å². The van der Waals surface area contributed by atoms with Gasteiger partial charge >= 0.3 is 0 Å². The predicted molar refractivity (Wildman–Crippen MR) is 136 cm³/mol. The van der Waals surface area contributed by atoms with Crippen LogP contribution in [0.1, 0.15) is 42.2 Å². The first-order valence-corrected chi connectivity index (χ1v) is 11.5. The van der Waals surface area contributed by atoms with Gasteiger partial charge in [-0.1, -0.05) is 85.8 Å². The normalized spacial score (nSPS) is 12.5. The van der Waals surface area contributed by atoms with Crippen molar-refractivity contribution in [3.63, 3.8) is 0 Å². The van der Waals surface area contributed by atoms with Crippen LogP contribution in [0.15, 0.2) is 97.1 Å². The molecule has 172 valence electrons. The zero-order chi connectivity index (χ0) is 23.9. The van der Waals surface area contributed by atoms with E-state index in [0.29, 0.717) is 23.4 Å². The van der Waals surface area contributed by atoms with Gasteiger partial charge in [0.15, 0.2) is 6.10 Å². The average Bonchev–Trinajstić information content (AvgIpc) is 2.88. The number of anilines is 1. The summed E-state index contributed by atoms with van der Waals surface area (Å²) in [5.74, 6) is 0.102. The SMILES string of the molecule is CC[C@H](Oc1cccc2ccccc12)C(=O)Nc1ccccc1C(=O)N[C@@H](C)c1ccccc1. The second-order valence-electron chi connectivity index (χ2n) is 8.13. The Bertz CT molecular complexity index is 1280. The fraction of sp³-hybridized carbons (Fsp3) is 0.172. The minimum Gasteiger partial charge on any atom is -0.480 e. The number of para-hydroxylation sites is 1. The fourth-order valence-corrected chi connectivity index (χ4v) is 3.88. The lowest BCUT2D eigenvalue weighted by molar-refractivity contribution is -0.122. The molecule has 0 saturated heterocycles. The molecule has 0 fully saturated rings. The molecule has 0 unspecified atom stereocenters. The molecule has 0 radical (unpaired) electrons. The van der Waals surface area contributed by atoms with E-state index in [9.17, 15) is 9.59 Å². The van der Waals surface area contributed by atoms with Crippen molar-refractivity contribution in [2.75, 3.05) is 5.32 Å². The molecule has 5 heteroatoms. The molecule has 0 aliphatic carbocycles. The molecule has 5 nitrogen and oxygen atoms in total. The molecule has 2 N–H and O–H groups in total. The van der Waals surface area contributed by atoms with Crippen molar-refractivity contribution < 1.29 is 14.3 Å². The van der Waals surface area contributed by atoms with Crippen molar-refractivity contribution in [1.82, 2.24) is 5.32 Å². The minimum atomic E-state index is -0.704. The molecule has 0 aromatic heterocycles. The highest BCUT2D eigenvalue weighted by Gasteiger charge is 2.22. The molecule has 4 aromatic rings. The van der Waals surface area contributed by atoms with Crippen LogP contribution in [0, 0.1) is 0 Å². The highest BCUT2D eigenvalue weighted by Crippen LogP contribution is 2.27. The summed E-state index contributed by atoms with van der Waals surface area (Å²) in [6, 6.07) is 30.3. The number of benzene rings is 4. The third-order valence-corrected chi connectivity index (χ3v) is 5.76. The molecule has 34 heavy (non-hydrogen) atoms. The topological polar surface area (TPSA) is 67.4 Å². The van der Waals surface area contributed by atoms with E-state index < -0.39 is 6.10 Å². The van der Waals surface area contributed by atoms with E-state index in [4.69, 9.17) is 4.74 Å². The number of carbonyl (C=O) groups excluding carboxylic acids is 2. The Morgan fingerprint density at radius 1 is 0.824 bits per heavy atom. The summed E-state index contributed by atoms with van der Waals surface area (Å²) in [7, 11) is 0. The monoisotopic (exact) mass is 452 g/mol. The Labute approximate surface area is 199 Å². The quantitative estimate of drug-likeness (QED) is 0.338. The second kappa shape index (κ2) is 10.7. The first-order valence-electron chi connectivity index (χ1n) is 11.5. The van der Waals surface area contributed by atoms with E-state index >= 15 is 0 Å². The van der Waals surface area contributed by atoms with Gasteiger partial charge in [0.1, 0.15) is 5.75 Å². The molecular formula is C29H28N2O3. The summed E-state index contributed by atoms with van der Waals surface area (Å²) < 4.78 is 6.12. The molecule has 0 bridgehead atoms. The van der Waals surface area contributed by atoms with Crippen molar-refractivity contribution in [2.24, 2.45) is 0 Å². The molecule has 2 amide bonds. The average molecular weight is 453 g/mol. The van der Waals surface area contributed by atoms with Crippen LogP contribution in [0.3, 0.4) is 0 Å². The van der Waals surface area contributed by atoms with Crippen LogP contribution in [-0.2, 0) is 4.79 Å². The Morgan fingerprint density at radius 3 is 2.29 bits per heavy atom. The van der Waals surface area contributed by atoms with Crippen LogP contribution in [-0.4, -0.2) is 17.9 Å². The van der Waals surface area contributed by atoms with Crippen LogP contribution < -0.4 is 15.4 Å². The smallest absolute Gasteiger partial charge is 0.265 e. The van der Waals surface area contributed by atoms with E-state index in [0.717, 1.165) is 16.3 Å². The summed E-state index contributed by atoms with van der Waals surface area (Å²) in [6.07, 6.45) is -0.223. The molecule has 0 spiro atoms. The molecule has 0 saturated carbocycles. The molecule has 0 heterocycles. The lowest BCUT2D eigenvalue weighted by atomic mass is 10.1. The number of fused-ring (bicyclic) bond motifs is 1. The van der Waals surface area contributed by atoms with E-state index in [1.165, 1.54) is 0 Å². The van der Waals surface area contributed by atoms with Crippen molar-refractivity contribution in [3.8, 4) is 5.75 Å². The van der Waals surface area contributed by atoms with E-state index in [1.807, 2.05) is 86.6 Å². The molecule has 0 aliphatic heterocycles. The summed E-state index contributed by atoms with van der Waals surface area (Å²) in [6.45, 7) is 3.83. The van der Waals surface area contributed by atoms with Gasteiger partial charge in [0.2, 0.25) is 0 Å². The number of rotatable bonds is 8. The lowest BCUT2D eigenvalue weighted by Gasteiger charge is -2.20. The Hall–Kier alpha value is -4.12. The van der Waals surface area contributed by atoms with Gasteiger partial charge in [-0.3, -0.25) is 9.59 Å². The van der Waals surface area contributed by atoms with E-state index in [1.54, 1.807) is 24.3 Å². The number of nitrogens with one attached hydrogen (secondary N) is 2. The Morgan fingerprint density at radius 2 is 1.50 bits per heavy atom. The van der Waals surface area contributed by atoms with Crippen molar-refractivity contribution in [2.45, 2.75) is 32.4 Å². The number of carbonyl (C=O) groups is 2. The number of ether oxygens (including phenoxy) is 1. The third kappa shape index (κ3) is 5.26. The second-order valence-corrected chi connectivity index (χ2v) is 8.13. The largest absolute Gasteiger partial charge is 0.480 e. The van der Waals surface area contributed by atoms with Gasteiger partial charge in [-0.2, -0.15) is 0 Å². The zero-order valence-corrected chi connectivity index (χ0v) is 19.3. The van der Waals surface area contributed by atoms with Crippen LogP contribution >= 0.6 is 0 Å². The summed E-state index contributed by atoms with van der Waals surface area (Å²) in [5.41, 5.74) is 1.86. The van der Waals surface area contributed by atoms with Gasteiger partial charge in [0.25, 0.3) is 11.8 Å². The van der Waals surface area contributed by atoms with Crippen LogP contribution in [0.5, 0.6) is 5.75 Å².